The molecule has 1 aliphatic rings. The van der Waals surface area contributed by atoms with Crippen molar-refractivity contribution in [2.45, 2.75) is 39.7 Å². The molecule has 1 heterocycles. The molecule has 19 heavy (non-hydrogen) atoms. The molecule has 2 aromatic rings. The number of para-hydroxylation sites is 1. The van der Waals surface area contributed by atoms with E-state index in [1.165, 1.54) is 0 Å². The number of aryl methyl sites for hydroxylation is 1. The lowest BCUT2D eigenvalue weighted by molar-refractivity contribution is 0.145. The van der Waals surface area contributed by atoms with Gasteiger partial charge in [0.1, 0.15) is 11.3 Å². The monoisotopic (exact) mass is 256 g/mol. The predicted molar refractivity (Wildman–Crippen MR) is 77.9 cm³/mol. The molecule has 0 amide bonds. The van der Waals surface area contributed by atoms with Gasteiger partial charge in [-0.25, -0.2) is 0 Å². The fraction of sp³-hybridized carbons (Fsp3) is 0.412. The van der Waals surface area contributed by atoms with Crippen LogP contribution < -0.4 is 0 Å². The Morgan fingerprint density at radius 3 is 2.79 bits per heavy atom. The third kappa shape index (κ3) is 2.33. The third-order valence-corrected chi connectivity index (χ3v) is 3.88. The summed E-state index contributed by atoms with van der Waals surface area (Å²) in [6, 6.07) is 8.26. The van der Waals surface area contributed by atoms with Crippen LogP contribution in [0, 0.1) is 12.3 Å². The van der Waals surface area contributed by atoms with Crippen molar-refractivity contribution >= 4 is 16.5 Å². The minimum atomic E-state index is -0.368. The van der Waals surface area contributed by atoms with Crippen LogP contribution in [-0.4, -0.2) is 11.2 Å². The Kier molecular flexibility index (Phi) is 2.79. The van der Waals surface area contributed by atoms with Gasteiger partial charge in [0.15, 0.2) is 0 Å². The van der Waals surface area contributed by atoms with Crippen LogP contribution in [0.25, 0.3) is 16.5 Å². The first-order valence-corrected chi connectivity index (χ1v) is 6.83. The van der Waals surface area contributed by atoms with Gasteiger partial charge in [0.2, 0.25) is 0 Å². The van der Waals surface area contributed by atoms with Crippen LogP contribution in [-0.2, 0) is 0 Å². The van der Waals surface area contributed by atoms with E-state index in [4.69, 9.17) is 4.42 Å². The maximum atomic E-state index is 9.99. The van der Waals surface area contributed by atoms with E-state index in [9.17, 15) is 5.11 Å². The van der Waals surface area contributed by atoms with Crippen LogP contribution in [0.4, 0.5) is 0 Å². The molecule has 0 saturated heterocycles. The lowest BCUT2D eigenvalue weighted by Crippen LogP contribution is -2.24. The maximum absolute atomic E-state index is 9.99. The molecule has 0 aliphatic heterocycles. The van der Waals surface area contributed by atoms with Gasteiger partial charge in [-0.15, -0.1) is 0 Å². The summed E-state index contributed by atoms with van der Waals surface area (Å²) in [5.74, 6) is 0.899. The quantitative estimate of drug-likeness (QED) is 0.825. The van der Waals surface area contributed by atoms with E-state index in [0.29, 0.717) is 0 Å². The second-order valence-electron chi connectivity index (χ2n) is 6.41. The highest BCUT2D eigenvalue weighted by atomic mass is 16.3. The molecule has 0 radical (unpaired) electrons. The summed E-state index contributed by atoms with van der Waals surface area (Å²) in [6.07, 6.45) is 3.34. The molecule has 1 unspecified atom stereocenters. The van der Waals surface area contributed by atoms with Gasteiger partial charge in [-0.05, 0) is 48.5 Å². The summed E-state index contributed by atoms with van der Waals surface area (Å²) in [6.45, 7) is 6.44. The molecular formula is C17H20O2. The number of hydrogen-bond donors (Lipinski definition) is 1. The number of allylic oxidation sites excluding steroid dienone is 1. The normalized spacial score (nSPS) is 22.5. The molecule has 1 aliphatic carbocycles. The number of benzene rings is 1. The standard InChI is InChI=1S/C17H20O2/c1-11-5-4-6-12-8-15(19-16(11)12)13-7-14(18)10-17(2,3)9-13/h4-8,14,18H,9-10H2,1-3H3. The molecule has 1 aromatic carbocycles. The predicted octanol–water partition coefficient (Wildman–Crippen LogP) is 4.31. The first-order valence-electron chi connectivity index (χ1n) is 6.83. The first-order chi connectivity index (χ1) is 8.94. The van der Waals surface area contributed by atoms with Crippen LogP contribution in [0.15, 0.2) is 34.8 Å². The second-order valence-corrected chi connectivity index (χ2v) is 6.41. The number of rotatable bonds is 1. The largest absolute Gasteiger partial charge is 0.456 e. The molecule has 2 heteroatoms. The Labute approximate surface area is 113 Å². The zero-order valence-corrected chi connectivity index (χ0v) is 11.7. The van der Waals surface area contributed by atoms with Gasteiger partial charge < -0.3 is 9.52 Å². The Hall–Kier alpha value is -1.54. The molecule has 0 spiro atoms. The van der Waals surface area contributed by atoms with Crippen molar-refractivity contribution in [1.29, 1.82) is 0 Å². The minimum absolute atomic E-state index is 0.123. The average Bonchev–Trinajstić information content (AvgIpc) is 2.71. The van der Waals surface area contributed by atoms with Crippen molar-refractivity contribution in [1.82, 2.24) is 0 Å². The lowest BCUT2D eigenvalue weighted by atomic mass is 9.75. The SMILES string of the molecule is Cc1cccc2cc(C3=CC(O)CC(C)(C)C3)oc12. The van der Waals surface area contributed by atoms with Gasteiger partial charge >= 0.3 is 0 Å². The summed E-state index contributed by atoms with van der Waals surface area (Å²) in [5.41, 5.74) is 3.35. The van der Waals surface area contributed by atoms with Crippen LogP contribution >= 0.6 is 0 Å². The van der Waals surface area contributed by atoms with Crippen LogP contribution in [0.2, 0.25) is 0 Å². The van der Waals surface area contributed by atoms with Crippen molar-refractivity contribution in [3.63, 3.8) is 0 Å². The van der Waals surface area contributed by atoms with Crippen molar-refractivity contribution in [2.75, 3.05) is 0 Å². The maximum Gasteiger partial charge on any atom is 0.137 e. The molecule has 100 valence electrons. The van der Waals surface area contributed by atoms with E-state index < -0.39 is 0 Å². The van der Waals surface area contributed by atoms with Crippen LogP contribution in [0.1, 0.15) is 38.0 Å². The van der Waals surface area contributed by atoms with E-state index >= 15 is 0 Å². The van der Waals surface area contributed by atoms with E-state index in [-0.39, 0.29) is 11.5 Å². The summed E-state index contributed by atoms with van der Waals surface area (Å²) in [7, 11) is 0. The van der Waals surface area contributed by atoms with Crippen molar-refractivity contribution in [2.24, 2.45) is 5.41 Å². The Morgan fingerprint density at radius 1 is 1.32 bits per heavy atom. The van der Waals surface area contributed by atoms with Crippen molar-refractivity contribution in [3.8, 4) is 0 Å². The first kappa shape index (κ1) is 12.5. The van der Waals surface area contributed by atoms with E-state index in [2.05, 4.69) is 39.0 Å². The van der Waals surface area contributed by atoms with E-state index in [1.807, 2.05) is 12.1 Å². The molecule has 1 N–H and O–H groups in total. The molecule has 0 bridgehead atoms. The average molecular weight is 256 g/mol. The minimum Gasteiger partial charge on any atom is -0.456 e. The fourth-order valence-electron chi connectivity index (χ4n) is 3.04. The van der Waals surface area contributed by atoms with Gasteiger partial charge in [0.05, 0.1) is 6.10 Å². The summed E-state index contributed by atoms with van der Waals surface area (Å²) >= 11 is 0. The molecule has 0 saturated carbocycles. The van der Waals surface area contributed by atoms with Gasteiger partial charge in [-0.2, -0.15) is 0 Å². The highest BCUT2D eigenvalue weighted by Crippen LogP contribution is 2.41. The molecular weight excluding hydrogens is 236 g/mol. The lowest BCUT2D eigenvalue weighted by Gasteiger charge is -2.31. The second kappa shape index (κ2) is 4.24. The van der Waals surface area contributed by atoms with Crippen LogP contribution in [0.5, 0.6) is 0 Å². The van der Waals surface area contributed by atoms with Gasteiger partial charge in [-0.1, -0.05) is 32.0 Å². The van der Waals surface area contributed by atoms with E-state index in [1.54, 1.807) is 0 Å². The Bertz CT molecular complexity index is 646. The highest BCUT2D eigenvalue weighted by Gasteiger charge is 2.29. The smallest absolute Gasteiger partial charge is 0.137 e. The molecule has 0 fully saturated rings. The van der Waals surface area contributed by atoms with E-state index in [0.717, 1.165) is 40.7 Å². The number of fused-ring (bicyclic) bond motifs is 1. The molecule has 2 nitrogen and oxygen atoms in total. The third-order valence-electron chi connectivity index (χ3n) is 3.88. The summed E-state index contributed by atoms with van der Waals surface area (Å²) < 4.78 is 6.00. The summed E-state index contributed by atoms with van der Waals surface area (Å²) in [5, 5.41) is 11.1. The Morgan fingerprint density at radius 2 is 2.11 bits per heavy atom. The zero-order valence-electron chi connectivity index (χ0n) is 11.7. The molecule has 3 rings (SSSR count). The van der Waals surface area contributed by atoms with Gasteiger partial charge in [0.25, 0.3) is 0 Å². The molecule has 1 atom stereocenters. The molecule has 1 aromatic heterocycles. The fourth-order valence-corrected chi connectivity index (χ4v) is 3.04. The zero-order chi connectivity index (χ0) is 13.6. The van der Waals surface area contributed by atoms with Crippen molar-refractivity contribution < 1.29 is 9.52 Å². The Balaban J connectivity index is 2.07. The number of aliphatic hydroxyl groups is 1. The highest BCUT2D eigenvalue weighted by molar-refractivity contribution is 5.84. The van der Waals surface area contributed by atoms with Crippen LogP contribution in [0.3, 0.4) is 0 Å². The number of aliphatic hydroxyl groups excluding tert-OH is 1. The van der Waals surface area contributed by atoms with Crippen molar-refractivity contribution in [3.05, 3.63) is 41.7 Å². The number of hydrogen-bond acceptors (Lipinski definition) is 2. The summed E-state index contributed by atoms with van der Waals surface area (Å²) in [4.78, 5) is 0. The topological polar surface area (TPSA) is 33.4 Å². The van der Waals surface area contributed by atoms with Gasteiger partial charge in [-0.3, -0.25) is 0 Å². The van der Waals surface area contributed by atoms with Gasteiger partial charge in [0, 0.05) is 5.39 Å². The number of furan rings is 1.